The van der Waals surface area contributed by atoms with E-state index in [1.54, 1.807) is 12.2 Å². The summed E-state index contributed by atoms with van der Waals surface area (Å²) in [4.78, 5) is 0. The second-order valence-corrected chi connectivity index (χ2v) is 7.95. The Kier molecular flexibility index (Phi) is 9.70. The Balaban J connectivity index is 0.00000385. The first kappa shape index (κ1) is 27.5. The van der Waals surface area contributed by atoms with Crippen molar-refractivity contribution < 1.29 is 81.7 Å². The van der Waals surface area contributed by atoms with Gasteiger partial charge in [0.2, 0.25) is 6.29 Å². The smallest absolute Gasteiger partial charge is 0.716 e. The SMILES string of the molecule is O=S(=O)([O-])Oc1ccc(/C=C/c2cc(O)cc(O[C@@H]3O[C@H](CO)[C@@H](O)[C@H](O)[C@H]3O)c2)cc1.[Na+]. The van der Waals surface area contributed by atoms with Gasteiger partial charge in [0.25, 0.3) is 10.4 Å². The van der Waals surface area contributed by atoms with Crippen LogP contribution in [-0.4, -0.2) is 75.8 Å². The molecule has 1 aliphatic heterocycles. The van der Waals surface area contributed by atoms with Crippen LogP contribution in [0.3, 0.4) is 0 Å². The van der Waals surface area contributed by atoms with Gasteiger partial charge in [-0.1, -0.05) is 24.3 Å². The molecule has 5 atom stereocenters. The topological polar surface area (TPSA) is 186 Å². The zero-order valence-electron chi connectivity index (χ0n) is 17.4. The van der Waals surface area contributed by atoms with E-state index in [0.717, 1.165) is 0 Å². The van der Waals surface area contributed by atoms with Gasteiger partial charge >= 0.3 is 29.6 Å². The second kappa shape index (κ2) is 11.6. The number of ether oxygens (including phenoxy) is 2. The third-order valence-electron chi connectivity index (χ3n) is 4.56. The number of aliphatic hydroxyl groups excluding tert-OH is 4. The molecule has 1 aliphatic rings. The van der Waals surface area contributed by atoms with Crippen LogP contribution in [0, 0.1) is 0 Å². The maximum atomic E-state index is 10.6. The van der Waals surface area contributed by atoms with E-state index in [4.69, 9.17) is 9.47 Å². The van der Waals surface area contributed by atoms with Crippen molar-refractivity contribution in [3.63, 3.8) is 0 Å². The molecule has 3 rings (SSSR count). The number of aliphatic hydroxyl groups is 4. The molecule has 1 fully saturated rings. The molecule has 0 aliphatic carbocycles. The van der Waals surface area contributed by atoms with Crippen LogP contribution in [0.4, 0.5) is 0 Å². The van der Waals surface area contributed by atoms with Gasteiger partial charge in [-0.15, -0.1) is 0 Å². The largest absolute Gasteiger partial charge is 1.00 e. The number of rotatable bonds is 7. The van der Waals surface area contributed by atoms with Gasteiger partial charge in [0, 0.05) is 6.07 Å². The Morgan fingerprint density at radius 1 is 0.939 bits per heavy atom. The Labute approximate surface area is 211 Å². The molecule has 2 aromatic carbocycles. The van der Waals surface area contributed by atoms with Crippen LogP contribution in [0.5, 0.6) is 17.2 Å². The molecule has 0 unspecified atom stereocenters. The molecule has 0 aromatic heterocycles. The van der Waals surface area contributed by atoms with E-state index in [-0.39, 0.29) is 46.8 Å². The number of hydrogen-bond acceptors (Lipinski definition) is 11. The summed E-state index contributed by atoms with van der Waals surface area (Å²) >= 11 is 0. The molecular weight excluding hydrogens is 471 g/mol. The Bertz CT molecular complexity index is 1060. The first-order valence-corrected chi connectivity index (χ1v) is 10.6. The van der Waals surface area contributed by atoms with Gasteiger partial charge in [-0.3, -0.25) is 0 Å². The summed E-state index contributed by atoms with van der Waals surface area (Å²) in [7, 11) is -4.86. The van der Waals surface area contributed by atoms with E-state index in [2.05, 4.69) is 4.18 Å². The summed E-state index contributed by atoms with van der Waals surface area (Å²) in [6.45, 7) is -0.608. The predicted octanol–water partition coefficient (Wildman–Crippen LogP) is -3.42. The Morgan fingerprint density at radius 2 is 1.58 bits per heavy atom. The van der Waals surface area contributed by atoms with Crippen molar-refractivity contribution in [3.05, 3.63) is 53.6 Å². The van der Waals surface area contributed by atoms with E-state index in [0.29, 0.717) is 11.1 Å². The van der Waals surface area contributed by atoms with Crippen molar-refractivity contribution in [2.24, 2.45) is 0 Å². The molecule has 0 bridgehead atoms. The average molecular weight is 492 g/mol. The molecule has 0 radical (unpaired) electrons. The quantitative estimate of drug-likeness (QED) is 0.112. The zero-order chi connectivity index (χ0) is 23.5. The number of aromatic hydroxyl groups is 1. The maximum Gasteiger partial charge on any atom is 1.00 e. The second-order valence-electron chi connectivity index (χ2n) is 6.97. The normalized spacial score (nSPS) is 25.4. The van der Waals surface area contributed by atoms with Crippen LogP contribution in [-0.2, 0) is 15.1 Å². The molecular formula is C20H21NaO11S. The molecule has 1 heterocycles. The fourth-order valence-corrected chi connectivity index (χ4v) is 3.36. The maximum absolute atomic E-state index is 10.6. The van der Waals surface area contributed by atoms with Crippen LogP contribution in [0.25, 0.3) is 12.2 Å². The van der Waals surface area contributed by atoms with Gasteiger partial charge in [0.15, 0.2) is 0 Å². The predicted molar refractivity (Wildman–Crippen MR) is 108 cm³/mol. The monoisotopic (exact) mass is 492 g/mol. The van der Waals surface area contributed by atoms with E-state index in [9.17, 15) is 38.5 Å². The van der Waals surface area contributed by atoms with Crippen molar-refractivity contribution in [1.29, 1.82) is 0 Å². The van der Waals surface area contributed by atoms with Crippen molar-refractivity contribution in [2.45, 2.75) is 30.7 Å². The first-order valence-electron chi connectivity index (χ1n) is 9.30. The van der Waals surface area contributed by atoms with E-state index in [1.807, 2.05) is 0 Å². The molecule has 33 heavy (non-hydrogen) atoms. The minimum Gasteiger partial charge on any atom is -0.716 e. The summed E-state index contributed by atoms with van der Waals surface area (Å²) in [6.07, 6.45) is -4.06. The molecule has 13 heteroatoms. The van der Waals surface area contributed by atoms with Crippen LogP contribution < -0.4 is 38.5 Å². The van der Waals surface area contributed by atoms with Gasteiger partial charge in [-0.05, 0) is 35.4 Å². The van der Waals surface area contributed by atoms with Gasteiger partial charge in [0.05, 0.1) is 6.61 Å². The third-order valence-corrected chi connectivity index (χ3v) is 4.96. The van der Waals surface area contributed by atoms with E-state index < -0.39 is 47.7 Å². The summed E-state index contributed by atoms with van der Waals surface area (Å²) < 4.78 is 46.8. The molecule has 2 aromatic rings. The van der Waals surface area contributed by atoms with Crippen LogP contribution >= 0.6 is 0 Å². The third kappa shape index (κ3) is 7.65. The molecule has 1 saturated heterocycles. The van der Waals surface area contributed by atoms with Crippen LogP contribution in [0.1, 0.15) is 11.1 Å². The van der Waals surface area contributed by atoms with E-state index >= 15 is 0 Å². The molecule has 5 N–H and O–H groups in total. The minimum absolute atomic E-state index is 0. The summed E-state index contributed by atoms with van der Waals surface area (Å²) in [5, 5.41) is 49.0. The Morgan fingerprint density at radius 3 is 2.18 bits per heavy atom. The Hall–Kier alpha value is -1.71. The summed E-state index contributed by atoms with van der Waals surface area (Å²) in [5.74, 6) is -0.223. The van der Waals surface area contributed by atoms with Gasteiger partial charge in [-0.25, -0.2) is 8.42 Å². The first-order chi connectivity index (χ1) is 15.1. The van der Waals surface area contributed by atoms with Crippen molar-refractivity contribution in [1.82, 2.24) is 0 Å². The van der Waals surface area contributed by atoms with E-state index in [1.165, 1.54) is 42.5 Å². The number of phenols is 1. The molecule has 0 spiro atoms. The van der Waals surface area contributed by atoms with Crippen molar-refractivity contribution in [3.8, 4) is 17.2 Å². The van der Waals surface area contributed by atoms with Crippen LogP contribution in [0.2, 0.25) is 0 Å². The van der Waals surface area contributed by atoms with Crippen LogP contribution in [0.15, 0.2) is 42.5 Å². The fourth-order valence-electron chi connectivity index (χ4n) is 3.01. The van der Waals surface area contributed by atoms with Gasteiger partial charge in [0.1, 0.15) is 41.7 Å². The van der Waals surface area contributed by atoms with Gasteiger partial charge in [-0.2, -0.15) is 0 Å². The molecule has 11 nitrogen and oxygen atoms in total. The van der Waals surface area contributed by atoms with Crippen molar-refractivity contribution >= 4 is 22.6 Å². The van der Waals surface area contributed by atoms with Crippen molar-refractivity contribution in [2.75, 3.05) is 6.61 Å². The minimum atomic E-state index is -4.86. The van der Waals surface area contributed by atoms with Gasteiger partial charge < -0.3 is 43.7 Å². The average Bonchev–Trinajstić information content (AvgIpc) is 2.72. The molecule has 0 amide bonds. The molecule has 174 valence electrons. The molecule has 0 saturated carbocycles. The summed E-state index contributed by atoms with van der Waals surface area (Å²) in [5.41, 5.74) is 1.10. The number of hydrogen-bond donors (Lipinski definition) is 5. The summed E-state index contributed by atoms with van der Waals surface area (Å²) in [6, 6.07) is 9.76. The standard InChI is InChI=1S/C20H22O11S.Na/c21-10-16-17(23)18(24)19(25)20(30-16)29-15-8-12(7-13(22)9-15)2-1-11-3-5-14(6-4-11)31-32(26,27)28;/h1-9,16-25H,10H2,(H,26,27,28);/q;+1/p-1/b2-1+;/t16-,17-,18+,19-,20-;/m1./s1. The zero-order valence-corrected chi connectivity index (χ0v) is 20.2. The fraction of sp³-hybridized carbons (Fsp3) is 0.300. The number of phenolic OH excluding ortho intramolecular Hbond substituents is 1. The number of benzene rings is 2.